The Morgan fingerprint density at radius 3 is 2.46 bits per heavy atom. The molecular weight excluding hydrogens is 312 g/mol. The summed E-state index contributed by atoms with van der Waals surface area (Å²) in [6.45, 7) is 0. The highest BCUT2D eigenvalue weighted by atomic mass is 16.4. The standard InChI is InChI=1S/C17H18N2O5/c18-17(16(23)24)8-10(12-13(14(12)17)15(21)22)19-11(20)7-6-9-4-2-1-3-5-9/h1-7,10,12-14H,8,18H2,(H,19,20)(H,21,22)(H,23,24)/t10-,12-,13-,14-,17-/m0/s1. The normalized spacial score (nSPS) is 33.9. The molecule has 3 rings (SSSR count). The molecule has 1 amide bonds. The molecule has 7 nitrogen and oxygen atoms in total. The molecular formula is C17H18N2O5. The number of carbonyl (C=O) groups excluding carboxylic acids is 1. The Morgan fingerprint density at radius 2 is 1.88 bits per heavy atom. The summed E-state index contributed by atoms with van der Waals surface area (Å²) < 4.78 is 0. The summed E-state index contributed by atoms with van der Waals surface area (Å²) in [7, 11) is 0. The number of aliphatic carboxylic acids is 2. The van der Waals surface area contributed by atoms with E-state index in [0.29, 0.717) is 0 Å². The summed E-state index contributed by atoms with van der Waals surface area (Å²) in [6.07, 6.45) is 3.02. The lowest BCUT2D eigenvalue weighted by atomic mass is 9.90. The van der Waals surface area contributed by atoms with Crippen LogP contribution in [-0.2, 0) is 14.4 Å². The molecule has 0 heterocycles. The SMILES string of the molecule is N[C@@]1(C(=O)O)C[C@H](NC(=O)C=Cc2ccccc2)[C@H]2[C@H](C(=O)O)[C@H]21. The fraction of sp³-hybridized carbons (Fsp3) is 0.353. The van der Waals surface area contributed by atoms with Crippen molar-refractivity contribution in [1.29, 1.82) is 0 Å². The van der Waals surface area contributed by atoms with Crippen LogP contribution in [0.25, 0.3) is 6.08 Å². The van der Waals surface area contributed by atoms with Gasteiger partial charge in [0.25, 0.3) is 0 Å². The van der Waals surface area contributed by atoms with Gasteiger partial charge in [-0.05, 0) is 24.0 Å². The van der Waals surface area contributed by atoms with Gasteiger partial charge in [0.15, 0.2) is 0 Å². The Balaban J connectivity index is 1.69. The molecule has 0 aliphatic heterocycles. The van der Waals surface area contributed by atoms with Gasteiger partial charge in [-0.15, -0.1) is 0 Å². The molecule has 1 aromatic rings. The van der Waals surface area contributed by atoms with Crippen molar-refractivity contribution in [3.8, 4) is 0 Å². The van der Waals surface area contributed by atoms with Gasteiger partial charge in [-0.2, -0.15) is 0 Å². The molecule has 2 saturated carbocycles. The fourth-order valence-electron chi connectivity index (χ4n) is 3.80. The van der Waals surface area contributed by atoms with Crippen molar-refractivity contribution in [2.75, 3.05) is 0 Å². The first-order valence-corrected chi connectivity index (χ1v) is 7.63. The Labute approximate surface area is 138 Å². The highest BCUT2D eigenvalue weighted by molar-refractivity contribution is 5.93. The third kappa shape index (κ3) is 2.67. The second kappa shape index (κ2) is 5.76. The van der Waals surface area contributed by atoms with E-state index < -0.39 is 47.2 Å². The Hall–Kier alpha value is -2.67. The molecule has 2 aliphatic rings. The van der Waals surface area contributed by atoms with E-state index in [0.717, 1.165) is 5.56 Å². The number of rotatable bonds is 5. The molecule has 24 heavy (non-hydrogen) atoms. The molecule has 5 N–H and O–H groups in total. The number of nitrogens with one attached hydrogen (secondary N) is 1. The number of amides is 1. The molecule has 2 aliphatic carbocycles. The van der Waals surface area contributed by atoms with Gasteiger partial charge in [0.1, 0.15) is 5.54 Å². The molecule has 0 spiro atoms. The quantitative estimate of drug-likeness (QED) is 0.575. The maximum Gasteiger partial charge on any atom is 0.324 e. The molecule has 0 bridgehead atoms. The fourth-order valence-corrected chi connectivity index (χ4v) is 3.80. The van der Waals surface area contributed by atoms with Crippen LogP contribution in [0, 0.1) is 17.8 Å². The molecule has 0 unspecified atom stereocenters. The highest BCUT2D eigenvalue weighted by Gasteiger charge is 2.74. The van der Waals surface area contributed by atoms with Gasteiger partial charge in [0.05, 0.1) is 5.92 Å². The van der Waals surface area contributed by atoms with Crippen molar-refractivity contribution in [3.05, 3.63) is 42.0 Å². The minimum atomic E-state index is -1.60. The van der Waals surface area contributed by atoms with E-state index in [4.69, 9.17) is 5.73 Å². The van der Waals surface area contributed by atoms with Crippen LogP contribution in [-0.4, -0.2) is 39.6 Å². The molecule has 0 aromatic heterocycles. The van der Waals surface area contributed by atoms with Gasteiger partial charge in [-0.1, -0.05) is 30.3 Å². The van der Waals surface area contributed by atoms with Gasteiger partial charge < -0.3 is 21.3 Å². The largest absolute Gasteiger partial charge is 0.481 e. The summed E-state index contributed by atoms with van der Waals surface area (Å²) >= 11 is 0. The average Bonchev–Trinajstić information content (AvgIpc) is 3.23. The van der Waals surface area contributed by atoms with Crippen molar-refractivity contribution in [2.24, 2.45) is 23.5 Å². The lowest BCUT2D eigenvalue weighted by Gasteiger charge is -2.24. The third-order valence-corrected chi connectivity index (χ3v) is 4.93. The van der Waals surface area contributed by atoms with Crippen LogP contribution >= 0.6 is 0 Å². The first-order chi connectivity index (χ1) is 11.3. The number of hydrogen-bond acceptors (Lipinski definition) is 4. The van der Waals surface area contributed by atoms with Gasteiger partial charge in [-0.25, -0.2) is 0 Å². The zero-order valence-corrected chi connectivity index (χ0v) is 12.8. The van der Waals surface area contributed by atoms with E-state index in [2.05, 4.69) is 5.32 Å². The first-order valence-electron chi connectivity index (χ1n) is 7.63. The monoisotopic (exact) mass is 330 g/mol. The summed E-state index contributed by atoms with van der Waals surface area (Å²) in [5, 5.41) is 21.2. The van der Waals surface area contributed by atoms with Gasteiger partial charge in [-0.3, -0.25) is 14.4 Å². The minimum absolute atomic E-state index is 0.0341. The number of nitrogens with two attached hydrogens (primary N) is 1. The third-order valence-electron chi connectivity index (χ3n) is 4.93. The Kier molecular flexibility index (Phi) is 3.88. The second-order valence-corrected chi connectivity index (χ2v) is 6.38. The Morgan fingerprint density at radius 1 is 1.21 bits per heavy atom. The number of hydrogen-bond donors (Lipinski definition) is 4. The van der Waals surface area contributed by atoms with Crippen LogP contribution in [0.15, 0.2) is 36.4 Å². The van der Waals surface area contributed by atoms with Gasteiger partial charge in [0, 0.05) is 18.0 Å². The lowest BCUT2D eigenvalue weighted by molar-refractivity contribution is -0.145. The van der Waals surface area contributed by atoms with E-state index in [9.17, 15) is 24.6 Å². The van der Waals surface area contributed by atoms with E-state index in [-0.39, 0.29) is 6.42 Å². The lowest BCUT2D eigenvalue weighted by Crippen LogP contribution is -2.52. The van der Waals surface area contributed by atoms with E-state index in [1.165, 1.54) is 6.08 Å². The smallest absolute Gasteiger partial charge is 0.324 e. The number of carboxylic acid groups (broad SMARTS) is 2. The van der Waals surface area contributed by atoms with Crippen molar-refractivity contribution in [2.45, 2.75) is 18.0 Å². The molecule has 5 atom stereocenters. The first kappa shape index (κ1) is 16.2. The summed E-state index contributed by atoms with van der Waals surface area (Å²) in [5.41, 5.74) is 5.16. The van der Waals surface area contributed by atoms with E-state index in [1.807, 2.05) is 30.3 Å². The maximum absolute atomic E-state index is 12.1. The zero-order valence-electron chi connectivity index (χ0n) is 12.8. The molecule has 1 aromatic carbocycles. The molecule has 2 fully saturated rings. The van der Waals surface area contributed by atoms with Crippen LogP contribution in [0.3, 0.4) is 0 Å². The zero-order chi connectivity index (χ0) is 17.5. The summed E-state index contributed by atoms with van der Waals surface area (Å²) in [4.78, 5) is 34.7. The molecule has 0 saturated heterocycles. The second-order valence-electron chi connectivity index (χ2n) is 6.38. The van der Waals surface area contributed by atoms with Gasteiger partial charge >= 0.3 is 11.9 Å². The molecule has 0 radical (unpaired) electrons. The number of fused-ring (bicyclic) bond motifs is 1. The van der Waals surface area contributed by atoms with E-state index in [1.54, 1.807) is 6.08 Å². The van der Waals surface area contributed by atoms with Gasteiger partial charge in [0.2, 0.25) is 5.91 Å². The topological polar surface area (TPSA) is 130 Å². The van der Waals surface area contributed by atoms with Crippen molar-refractivity contribution in [3.63, 3.8) is 0 Å². The highest BCUT2D eigenvalue weighted by Crippen LogP contribution is 2.61. The number of carbonyl (C=O) groups is 3. The van der Waals surface area contributed by atoms with Crippen molar-refractivity contribution < 1.29 is 24.6 Å². The summed E-state index contributed by atoms with van der Waals surface area (Å²) in [5.74, 6) is -4.58. The van der Waals surface area contributed by atoms with Crippen LogP contribution in [0.5, 0.6) is 0 Å². The molecule has 126 valence electrons. The predicted octanol–water partition coefficient (Wildman–Crippen LogP) is 0.317. The minimum Gasteiger partial charge on any atom is -0.481 e. The van der Waals surface area contributed by atoms with Crippen molar-refractivity contribution in [1.82, 2.24) is 5.32 Å². The van der Waals surface area contributed by atoms with Crippen LogP contribution in [0.2, 0.25) is 0 Å². The average molecular weight is 330 g/mol. The predicted molar refractivity (Wildman–Crippen MR) is 84.7 cm³/mol. The Bertz CT molecular complexity index is 717. The van der Waals surface area contributed by atoms with E-state index >= 15 is 0 Å². The summed E-state index contributed by atoms with van der Waals surface area (Å²) in [6, 6.07) is 8.68. The van der Waals surface area contributed by atoms with Crippen LogP contribution in [0.4, 0.5) is 0 Å². The molecule has 7 heteroatoms. The number of benzene rings is 1. The maximum atomic E-state index is 12.1. The van der Waals surface area contributed by atoms with Crippen LogP contribution in [0.1, 0.15) is 12.0 Å². The van der Waals surface area contributed by atoms with Crippen LogP contribution < -0.4 is 11.1 Å². The number of carboxylic acids is 2. The van der Waals surface area contributed by atoms with Crippen molar-refractivity contribution >= 4 is 23.9 Å².